The van der Waals surface area contributed by atoms with E-state index in [0.717, 1.165) is 58.3 Å². The number of hydrogen-bond donors (Lipinski definition) is 0. The van der Waals surface area contributed by atoms with Crippen molar-refractivity contribution in [3.05, 3.63) is 21.1 Å². The molecule has 0 spiro atoms. The van der Waals surface area contributed by atoms with Crippen LogP contribution in [0.15, 0.2) is 21.1 Å². The molecule has 1 aromatic carbocycles. The van der Waals surface area contributed by atoms with E-state index in [1.54, 1.807) is 0 Å². The first-order valence-corrected chi connectivity index (χ1v) is 13.5. The summed E-state index contributed by atoms with van der Waals surface area (Å²) in [4.78, 5) is 0. The van der Waals surface area contributed by atoms with Crippen LogP contribution in [0.1, 0.15) is 92.9 Å². The highest BCUT2D eigenvalue weighted by atomic mass is 79.9. The summed E-state index contributed by atoms with van der Waals surface area (Å²) in [7, 11) is 0. The van der Waals surface area contributed by atoms with E-state index in [4.69, 9.17) is 9.47 Å². The summed E-state index contributed by atoms with van der Waals surface area (Å²) >= 11 is 7.30. The van der Waals surface area contributed by atoms with Gasteiger partial charge in [0.1, 0.15) is 11.5 Å². The molecule has 1 aromatic rings. The molecule has 0 fully saturated rings. The zero-order chi connectivity index (χ0) is 22.5. The molecule has 0 aromatic heterocycles. The van der Waals surface area contributed by atoms with Gasteiger partial charge < -0.3 is 9.47 Å². The highest BCUT2D eigenvalue weighted by Crippen LogP contribution is 2.36. The molecule has 0 radical (unpaired) electrons. The quantitative estimate of drug-likeness (QED) is 0.205. The van der Waals surface area contributed by atoms with Crippen LogP contribution in [0, 0.1) is 23.7 Å². The lowest BCUT2D eigenvalue weighted by molar-refractivity contribution is 0.267. The van der Waals surface area contributed by atoms with Crippen LogP contribution in [-0.2, 0) is 0 Å². The predicted octanol–water partition coefficient (Wildman–Crippen LogP) is 9.67. The Morgan fingerprint density at radius 1 is 0.600 bits per heavy atom. The Labute approximate surface area is 203 Å². The summed E-state index contributed by atoms with van der Waals surface area (Å²) in [5.74, 6) is 4.77. The van der Waals surface area contributed by atoms with Gasteiger partial charge in [0.2, 0.25) is 0 Å². The van der Waals surface area contributed by atoms with Crippen LogP contribution in [0.3, 0.4) is 0 Å². The molecule has 0 bridgehead atoms. The van der Waals surface area contributed by atoms with Crippen molar-refractivity contribution in [2.45, 2.75) is 92.9 Å². The highest BCUT2D eigenvalue weighted by Gasteiger charge is 2.11. The zero-order valence-corrected chi connectivity index (χ0v) is 23.3. The molecule has 0 saturated heterocycles. The third-order valence-corrected chi connectivity index (χ3v) is 6.92. The van der Waals surface area contributed by atoms with Crippen LogP contribution < -0.4 is 9.47 Å². The molecule has 0 saturated carbocycles. The predicted molar refractivity (Wildman–Crippen MR) is 138 cm³/mol. The standard InChI is InChI=1S/C26H44Br2O2/c1-19(2)9-7-11-21(5)13-15-29-25-17-24(28)26(18-23(25)27)30-16-14-22(6)12-8-10-20(3)4/h17-22H,7-16H2,1-6H3. The molecule has 2 unspecified atom stereocenters. The summed E-state index contributed by atoms with van der Waals surface area (Å²) < 4.78 is 14.0. The molecule has 0 aliphatic heterocycles. The molecule has 4 heteroatoms. The van der Waals surface area contributed by atoms with Crippen LogP contribution in [0.2, 0.25) is 0 Å². The Bertz CT molecular complexity index is 535. The number of hydrogen-bond acceptors (Lipinski definition) is 2. The minimum Gasteiger partial charge on any atom is -0.492 e. The van der Waals surface area contributed by atoms with Gasteiger partial charge in [-0.2, -0.15) is 0 Å². The Morgan fingerprint density at radius 2 is 0.967 bits per heavy atom. The van der Waals surface area contributed by atoms with Gasteiger partial charge in [-0.05, 0) is 80.5 Å². The van der Waals surface area contributed by atoms with Gasteiger partial charge >= 0.3 is 0 Å². The van der Waals surface area contributed by atoms with Gasteiger partial charge in [-0.15, -0.1) is 0 Å². The van der Waals surface area contributed by atoms with E-state index in [9.17, 15) is 0 Å². The van der Waals surface area contributed by atoms with Crippen LogP contribution in [0.25, 0.3) is 0 Å². The fourth-order valence-corrected chi connectivity index (χ4v) is 4.38. The van der Waals surface area contributed by atoms with E-state index < -0.39 is 0 Å². The Balaban J connectivity index is 2.37. The van der Waals surface area contributed by atoms with E-state index >= 15 is 0 Å². The Morgan fingerprint density at radius 3 is 1.30 bits per heavy atom. The van der Waals surface area contributed by atoms with Gasteiger partial charge in [-0.1, -0.05) is 80.1 Å². The smallest absolute Gasteiger partial charge is 0.134 e. The van der Waals surface area contributed by atoms with Gasteiger partial charge in [0.05, 0.1) is 22.2 Å². The number of ether oxygens (including phenoxy) is 2. The molecule has 1 rings (SSSR count). The lowest BCUT2D eigenvalue weighted by Crippen LogP contribution is -2.06. The maximum atomic E-state index is 6.04. The molecular formula is C26H44Br2O2. The van der Waals surface area contributed by atoms with Crippen molar-refractivity contribution in [3.8, 4) is 11.5 Å². The fraction of sp³-hybridized carbons (Fsp3) is 0.769. The third-order valence-electron chi connectivity index (χ3n) is 5.68. The van der Waals surface area contributed by atoms with Crippen LogP contribution >= 0.6 is 31.9 Å². The van der Waals surface area contributed by atoms with Crippen LogP contribution in [0.4, 0.5) is 0 Å². The second kappa shape index (κ2) is 15.6. The normalized spacial score (nSPS) is 13.7. The van der Waals surface area contributed by atoms with E-state index in [-0.39, 0.29) is 0 Å². The van der Waals surface area contributed by atoms with Crippen molar-refractivity contribution in [3.63, 3.8) is 0 Å². The minimum absolute atomic E-state index is 0.705. The van der Waals surface area contributed by atoms with Crippen molar-refractivity contribution >= 4 is 31.9 Å². The molecule has 0 N–H and O–H groups in total. The van der Waals surface area contributed by atoms with Crippen molar-refractivity contribution in [2.75, 3.05) is 13.2 Å². The highest BCUT2D eigenvalue weighted by molar-refractivity contribution is 9.11. The largest absolute Gasteiger partial charge is 0.492 e. The van der Waals surface area contributed by atoms with Crippen LogP contribution in [-0.4, -0.2) is 13.2 Å². The van der Waals surface area contributed by atoms with E-state index in [1.807, 2.05) is 12.1 Å². The average molecular weight is 548 g/mol. The topological polar surface area (TPSA) is 18.5 Å². The fourth-order valence-electron chi connectivity index (χ4n) is 3.51. The summed E-state index contributed by atoms with van der Waals surface area (Å²) in [6.07, 6.45) is 10.0. The number of benzene rings is 1. The average Bonchev–Trinajstić information content (AvgIpc) is 2.64. The summed E-state index contributed by atoms with van der Waals surface area (Å²) in [6, 6.07) is 4.05. The summed E-state index contributed by atoms with van der Waals surface area (Å²) in [5.41, 5.74) is 0. The van der Waals surface area contributed by atoms with Crippen molar-refractivity contribution in [2.24, 2.45) is 23.7 Å². The monoisotopic (exact) mass is 546 g/mol. The molecule has 0 heterocycles. The molecule has 2 nitrogen and oxygen atoms in total. The van der Waals surface area contributed by atoms with Crippen molar-refractivity contribution in [1.82, 2.24) is 0 Å². The van der Waals surface area contributed by atoms with Gasteiger partial charge in [-0.3, -0.25) is 0 Å². The van der Waals surface area contributed by atoms with Crippen molar-refractivity contribution in [1.29, 1.82) is 0 Å². The Hall–Kier alpha value is -0.220. The van der Waals surface area contributed by atoms with Gasteiger partial charge in [0, 0.05) is 0 Å². The van der Waals surface area contributed by atoms with Crippen molar-refractivity contribution < 1.29 is 9.47 Å². The minimum atomic E-state index is 0.705. The first kappa shape index (κ1) is 27.8. The van der Waals surface area contributed by atoms with E-state index in [0.29, 0.717) is 11.8 Å². The number of halogens is 2. The second-order valence-electron chi connectivity index (χ2n) is 9.85. The summed E-state index contributed by atoms with van der Waals surface area (Å²) in [6.45, 7) is 15.3. The lowest BCUT2D eigenvalue weighted by atomic mass is 9.98. The zero-order valence-electron chi connectivity index (χ0n) is 20.1. The maximum Gasteiger partial charge on any atom is 0.134 e. The molecule has 174 valence electrons. The molecular weight excluding hydrogens is 504 g/mol. The molecule has 0 amide bonds. The first-order chi connectivity index (χ1) is 14.2. The SMILES string of the molecule is CC(C)CCCC(C)CCOc1cc(Br)c(OCCC(C)CCCC(C)C)cc1Br. The van der Waals surface area contributed by atoms with Crippen LogP contribution in [0.5, 0.6) is 11.5 Å². The van der Waals surface area contributed by atoms with Gasteiger partial charge in [-0.25, -0.2) is 0 Å². The molecule has 2 atom stereocenters. The van der Waals surface area contributed by atoms with Gasteiger partial charge in [0.25, 0.3) is 0 Å². The number of rotatable bonds is 16. The lowest BCUT2D eigenvalue weighted by Gasteiger charge is -2.16. The van der Waals surface area contributed by atoms with E-state index in [1.165, 1.54) is 38.5 Å². The third kappa shape index (κ3) is 12.6. The van der Waals surface area contributed by atoms with E-state index in [2.05, 4.69) is 73.4 Å². The maximum absolute atomic E-state index is 6.04. The molecule has 30 heavy (non-hydrogen) atoms. The first-order valence-electron chi connectivity index (χ1n) is 11.9. The molecule has 0 aliphatic rings. The molecule has 0 aliphatic carbocycles. The second-order valence-corrected chi connectivity index (χ2v) is 11.6. The Kier molecular flexibility index (Phi) is 14.4. The van der Waals surface area contributed by atoms with Gasteiger partial charge in [0.15, 0.2) is 0 Å². The summed E-state index contributed by atoms with van der Waals surface area (Å²) in [5, 5.41) is 0.